The lowest BCUT2D eigenvalue weighted by Crippen LogP contribution is -1.86. The van der Waals surface area contributed by atoms with Crippen LogP contribution in [0.2, 0.25) is 0 Å². The van der Waals surface area contributed by atoms with Crippen molar-refractivity contribution in [2.24, 2.45) is 0 Å². The zero-order valence-electron chi connectivity index (χ0n) is 11.1. The number of hydrogen-bond donors (Lipinski definition) is 0. The van der Waals surface area contributed by atoms with Crippen LogP contribution in [0.15, 0.2) is 78.9 Å². The van der Waals surface area contributed by atoms with Gasteiger partial charge in [0.15, 0.2) is 0 Å². The van der Waals surface area contributed by atoms with E-state index in [2.05, 4.69) is 66.7 Å². The highest BCUT2D eigenvalue weighted by Crippen LogP contribution is 2.27. The first-order valence-electron chi connectivity index (χ1n) is 6.68. The average molecular weight is 279 g/mol. The van der Waals surface area contributed by atoms with Gasteiger partial charge in [-0.05, 0) is 27.8 Å². The van der Waals surface area contributed by atoms with Gasteiger partial charge in [-0.3, -0.25) is 0 Å². The first kappa shape index (κ1) is 13.0. The van der Waals surface area contributed by atoms with Crippen LogP contribution in [-0.2, 0) is 5.88 Å². The van der Waals surface area contributed by atoms with E-state index in [1.165, 1.54) is 27.8 Å². The van der Waals surface area contributed by atoms with Crippen molar-refractivity contribution in [1.29, 1.82) is 0 Å². The van der Waals surface area contributed by atoms with E-state index >= 15 is 0 Å². The molecule has 98 valence electrons. The van der Waals surface area contributed by atoms with E-state index in [0.29, 0.717) is 5.88 Å². The summed E-state index contributed by atoms with van der Waals surface area (Å²) < 4.78 is 0. The first-order chi connectivity index (χ1) is 9.88. The topological polar surface area (TPSA) is 0 Å². The maximum atomic E-state index is 6.01. The molecule has 0 atom stereocenters. The highest BCUT2D eigenvalue weighted by atomic mass is 35.5. The molecule has 20 heavy (non-hydrogen) atoms. The van der Waals surface area contributed by atoms with Crippen molar-refractivity contribution in [2.45, 2.75) is 5.88 Å². The lowest BCUT2D eigenvalue weighted by atomic mass is 9.98. The Labute approximate surface area is 124 Å². The summed E-state index contributed by atoms with van der Waals surface area (Å²) in [6, 6.07) is 27.3. The van der Waals surface area contributed by atoms with E-state index in [1.807, 2.05) is 12.1 Å². The normalized spacial score (nSPS) is 10.4. The van der Waals surface area contributed by atoms with Gasteiger partial charge in [0.05, 0.1) is 0 Å². The third-order valence-electron chi connectivity index (χ3n) is 3.46. The van der Waals surface area contributed by atoms with Crippen LogP contribution in [-0.4, -0.2) is 0 Å². The molecule has 0 unspecified atom stereocenters. The summed E-state index contributed by atoms with van der Waals surface area (Å²) in [5.41, 5.74) is 6.06. The maximum Gasteiger partial charge on any atom is 0.0480 e. The Hall–Kier alpha value is -2.05. The second kappa shape index (κ2) is 5.94. The van der Waals surface area contributed by atoms with Gasteiger partial charge in [0.1, 0.15) is 0 Å². The van der Waals surface area contributed by atoms with E-state index in [4.69, 9.17) is 11.6 Å². The van der Waals surface area contributed by atoms with Crippen molar-refractivity contribution in [3.8, 4) is 22.3 Å². The van der Waals surface area contributed by atoms with Crippen LogP contribution in [0.4, 0.5) is 0 Å². The first-order valence-corrected chi connectivity index (χ1v) is 7.21. The summed E-state index contributed by atoms with van der Waals surface area (Å²) in [5, 5.41) is 0. The Morgan fingerprint density at radius 3 is 1.80 bits per heavy atom. The van der Waals surface area contributed by atoms with Gasteiger partial charge >= 0.3 is 0 Å². The number of alkyl halides is 1. The lowest BCUT2D eigenvalue weighted by molar-refractivity contribution is 1.40. The van der Waals surface area contributed by atoms with Gasteiger partial charge in [0.2, 0.25) is 0 Å². The van der Waals surface area contributed by atoms with Gasteiger partial charge in [-0.25, -0.2) is 0 Å². The molecule has 0 nitrogen and oxygen atoms in total. The summed E-state index contributed by atoms with van der Waals surface area (Å²) in [4.78, 5) is 0. The number of hydrogen-bond acceptors (Lipinski definition) is 0. The molecule has 0 saturated carbocycles. The highest BCUT2D eigenvalue weighted by Gasteiger charge is 2.04. The molecule has 0 aliphatic carbocycles. The van der Waals surface area contributed by atoms with Crippen molar-refractivity contribution >= 4 is 11.6 Å². The second-order valence-electron chi connectivity index (χ2n) is 4.73. The Bertz CT molecular complexity index is 684. The Kier molecular flexibility index (Phi) is 3.85. The molecule has 0 aromatic heterocycles. The summed E-state index contributed by atoms with van der Waals surface area (Å²) >= 11 is 6.01. The van der Waals surface area contributed by atoms with Crippen LogP contribution in [0.3, 0.4) is 0 Å². The van der Waals surface area contributed by atoms with Gasteiger partial charge in [-0.1, -0.05) is 78.9 Å². The van der Waals surface area contributed by atoms with Crippen LogP contribution in [0, 0.1) is 0 Å². The molecule has 0 amide bonds. The summed E-state index contributed by atoms with van der Waals surface area (Å²) in [7, 11) is 0. The van der Waals surface area contributed by atoms with Gasteiger partial charge in [0.25, 0.3) is 0 Å². The maximum absolute atomic E-state index is 6.01. The summed E-state index contributed by atoms with van der Waals surface area (Å²) in [6.45, 7) is 0. The molecule has 1 heteroatoms. The van der Waals surface area contributed by atoms with Crippen molar-refractivity contribution in [3.05, 3.63) is 84.4 Å². The Balaban J connectivity index is 1.98. The van der Waals surface area contributed by atoms with Crippen LogP contribution >= 0.6 is 11.6 Å². The third kappa shape index (κ3) is 2.61. The fraction of sp³-hybridized carbons (Fsp3) is 0.0526. The molecule has 3 aromatic carbocycles. The molecule has 0 fully saturated rings. The van der Waals surface area contributed by atoms with Crippen molar-refractivity contribution < 1.29 is 0 Å². The summed E-state index contributed by atoms with van der Waals surface area (Å²) in [5.74, 6) is 0.538. The summed E-state index contributed by atoms with van der Waals surface area (Å²) in [6.07, 6.45) is 0. The molecule has 0 bridgehead atoms. The molecule has 3 rings (SSSR count). The SMILES string of the molecule is ClCc1ccccc1-c1ccc(-c2ccccc2)cc1. The number of rotatable bonds is 3. The predicted molar refractivity (Wildman–Crippen MR) is 86.9 cm³/mol. The molecule has 0 aliphatic rings. The molecular formula is C19H15Cl. The number of benzene rings is 3. The smallest absolute Gasteiger partial charge is 0.0480 e. The fourth-order valence-corrected chi connectivity index (χ4v) is 2.62. The zero-order valence-corrected chi connectivity index (χ0v) is 11.8. The van der Waals surface area contributed by atoms with Crippen molar-refractivity contribution in [2.75, 3.05) is 0 Å². The van der Waals surface area contributed by atoms with Crippen LogP contribution in [0.25, 0.3) is 22.3 Å². The van der Waals surface area contributed by atoms with Crippen molar-refractivity contribution in [1.82, 2.24) is 0 Å². The Morgan fingerprint density at radius 1 is 0.550 bits per heavy atom. The standard InChI is InChI=1S/C19H15Cl/c20-14-18-8-4-5-9-19(18)17-12-10-16(11-13-17)15-6-2-1-3-7-15/h1-13H,14H2. The predicted octanol–water partition coefficient (Wildman–Crippen LogP) is 5.76. The van der Waals surface area contributed by atoms with E-state index in [1.54, 1.807) is 0 Å². The molecule has 0 spiro atoms. The minimum atomic E-state index is 0.538. The molecule has 0 aliphatic heterocycles. The minimum Gasteiger partial charge on any atom is -0.122 e. The lowest BCUT2D eigenvalue weighted by Gasteiger charge is -2.08. The zero-order chi connectivity index (χ0) is 13.8. The van der Waals surface area contributed by atoms with Crippen LogP contribution < -0.4 is 0 Å². The van der Waals surface area contributed by atoms with Gasteiger partial charge in [-0.2, -0.15) is 0 Å². The second-order valence-corrected chi connectivity index (χ2v) is 5.00. The quantitative estimate of drug-likeness (QED) is 0.534. The van der Waals surface area contributed by atoms with Gasteiger partial charge < -0.3 is 0 Å². The van der Waals surface area contributed by atoms with Crippen LogP contribution in [0.1, 0.15) is 5.56 Å². The molecule has 3 aromatic rings. The van der Waals surface area contributed by atoms with Gasteiger partial charge in [-0.15, -0.1) is 11.6 Å². The molecular weight excluding hydrogens is 264 g/mol. The molecule has 0 radical (unpaired) electrons. The third-order valence-corrected chi connectivity index (χ3v) is 3.75. The number of halogens is 1. The fourth-order valence-electron chi connectivity index (χ4n) is 2.39. The molecule has 0 saturated heterocycles. The van der Waals surface area contributed by atoms with E-state index in [0.717, 1.165) is 0 Å². The monoisotopic (exact) mass is 278 g/mol. The largest absolute Gasteiger partial charge is 0.122 e. The van der Waals surface area contributed by atoms with Crippen molar-refractivity contribution in [3.63, 3.8) is 0 Å². The van der Waals surface area contributed by atoms with E-state index in [-0.39, 0.29) is 0 Å². The van der Waals surface area contributed by atoms with E-state index < -0.39 is 0 Å². The Morgan fingerprint density at radius 2 is 1.10 bits per heavy atom. The average Bonchev–Trinajstić information content (AvgIpc) is 2.56. The minimum absolute atomic E-state index is 0.538. The van der Waals surface area contributed by atoms with Gasteiger partial charge in [0, 0.05) is 5.88 Å². The van der Waals surface area contributed by atoms with Crippen LogP contribution in [0.5, 0.6) is 0 Å². The highest BCUT2D eigenvalue weighted by molar-refractivity contribution is 6.17. The molecule has 0 N–H and O–H groups in total. The van der Waals surface area contributed by atoms with E-state index in [9.17, 15) is 0 Å². The molecule has 0 heterocycles.